The summed E-state index contributed by atoms with van der Waals surface area (Å²) in [5, 5.41) is 1.00. The van der Waals surface area contributed by atoms with Gasteiger partial charge in [0.2, 0.25) is 5.95 Å². The Bertz CT molecular complexity index is 371. The van der Waals surface area contributed by atoms with Crippen LogP contribution in [0, 0.1) is 0 Å². The Morgan fingerprint density at radius 1 is 1.38 bits per heavy atom. The molecular formula is C9H14N4O2S. The van der Waals surface area contributed by atoms with Crippen molar-refractivity contribution < 1.29 is 9.47 Å². The summed E-state index contributed by atoms with van der Waals surface area (Å²) in [6.07, 6.45) is 0.0201. The van der Waals surface area contributed by atoms with E-state index in [1.165, 1.54) is 11.8 Å². The van der Waals surface area contributed by atoms with Crippen LogP contribution in [-0.4, -0.2) is 39.5 Å². The van der Waals surface area contributed by atoms with E-state index in [0.29, 0.717) is 10.4 Å². The van der Waals surface area contributed by atoms with Gasteiger partial charge in [0.25, 0.3) is 0 Å². The van der Waals surface area contributed by atoms with Gasteiger partial charge in [-0.25, -0.2) is 0 Å². The molecule has 1 aromatic rings. The maximum atomic E-state index is 5.58. The molecule has 2 N–H and O–H groups in total. The molecule has 1 saturated heterocycles. The molecule has 0 saturated carbocycles. The second-order valence-electron chi connectivity index (χ2n) is 3.70. The average Bonchev–Trinajstić information content (AvgIpc) is 2.09. The molecule has 7 heteroatoms. The number of aromatic nitrogens is 3. The van der Waals surface area contributed by atoms with Gasteiger partial charge in [0.15, 0.2) is 5.16 Å². The first-order valence-electron chi connectivity index (χ1n) is 5.06. The lowest BCUT2D eigenvalue weighted by Crippen LogP contribution is -2.30. The fraction of sp³-hybridized carbons (Fsp3) is 0.667. The van der Waals surface area contributed by atoms with E-state index < -0.39 is 0 Å². The van der Waals surface area contributed by atoms with E-state index in [9.17, 15) is 0 Å². The smallest absolute Gasteiger partial charge is 0.322 e. The highest BCUT2D eigenvalue weighted by atomic mass is 32.2. The molecule has 6 nitrogen and oxygen atoms in total. The zero-order chi connectivity index (χ0) is 11.5. The van der Waals surface area contributed by atoms with Crippen molar-refractivity contribution in [2.24, 2.45) is 0 Å². The van der Waals surface area contributed by atoms with Crippen LogP contribution in [-0.2, 0) is 4.74 Å². The number of nitrogens with two attached hydrogens (primary N) is 1. The average molecular weight is 242 g/mol. The molecule has 1 fully saturated rings. The summed E-state index contributed by atoms with van der Waals surface area (Å²) >= 11 is 1.54. The fourth-order valence-corrected chi connectivity index (χ4v) is 2.00. The van der Waals surface area contributed by atoms with Crippen LogP contribution >= 0.6 is 11.8 Å². The van der Waals surface area contributed by atoms with Crippen LogP contribution in [0.15, 0.2) is 5.16 Å². The number of thioether (sulfide) groups is 1. The second-order valence-corrected chi connectivity index (χ2v) is 4.97. The Morgan fingerprint density at radius 3 is 2.69 bits per heavy atom. The molecule has 1 aromatic heterocycles. The standard InChI is InChI=1S/C9H14N4O2S/c1-5(2)15-8-11-7(10)12-9(13-8)16-6-3-14-4-6/h5-6H,3-4H2,1-2H3,(H2,10,11,12,13). The first-order chi connectivity index (χ1) is 7.63. The lowest BCUT2D eigenvalue weighted by Gasteiger charge is -2.24. The normalized spacial score (nSPS) is 16.2. The number of nitrogens with zero attached hydrogens (tertiary/aromatic N) is 3. The molecule has 88 valence electrons. The zero-order valence-corrected chi connectivity index (χ0v) is 10.0. The first kappa shape index (κ1) is 11.4. The summed E-state index contributed by atoms with van der Waals surface area (Å²) in [6, 6.07) is 0.283. The second kappa shape index (κ2) is 4.84. The summed E-state index contributed by atoms with van der Waals surface area (Å²) < 4.78 is 10.5. The quantitative estimate of drug-likeness (QED) is 0.833. The van der Waals surface area contributed by atoms with Crippen LogP contribution < -0.4 is 10.5 Å². The topological polar surface area (TPSA) is 83.2 Å². The Kier molecular flexibility index (Phi) is 3.45. The number of ether oxygens (including phenoxy) is 2. The van der Waals surface area contributed by atoms with E-state index in [1.54, 1.807) is 0 Å². The van der Waals surface area contributed by atoms with E-state index in [-0.39, 0.29) is 18.1 Å². The first-order valence-corrected chi connectivity index (χ1v) is 5.94. The van der Waals surface area contributed by atoms with Crippen LogP contribution in [0.4, 0.5) is 5.95 Å². The highest BCUT2D eigenvalue weighted by molar-refractivity contribution is 7.99. The molecule has 0 atom stereocenters. The maximum Gasteiger partial charge on any atom is 0.322 e. The molecule has 16 heavy (non-hydrogen) atoms. The minimum Gasteiger partial charge on any atom is -0.461 e. The molecule has 0 aromatic carbocycles. The monoisotopic (exact) mass is 242 g/mol. The molecule has 2 heterocycles. The molecule has 0 bridgehead atoms. The van der Waals surface area contributed by atoms with Gasteiger partial charge in [0.1, 0.15) is 0 Å². The lowest BCUT2D eigenvalue weighted by molar-refractivity contribution is 0.0454. The summed E-state index contributed by atoms with van der Waals surface area (Å²) in [7, 11) is 0. The summed E-state index contributed by atoms with van der Waals surface area (Å²) in [5.41, 5.74) is 5.58. The summed E-state index contributed by atoms with van der Waals surface area (Å²) in [5.74, 6) is 0.188. The van der Waals surface area contributed by atoms with Crippen LogP contribution in [0.1, 0.15) is 13.8 Å². The summed E-state index contributed by atoms with van der Waals surface area (Å²) in [6.45, 7) is 5.28. The van der Waals surface area contributed by atoms with Gasteiger partial charge < -0.3 is 15.2 Å². The minimum atomic E-state index is 0.0201. The van der Waals surface area contributed by atoms with E-state index in [2.05, 4.69) is 15.0 Å². The van der Waals surface area contributed by atoms with E-state index in [1.807, 2.05) is 13.8 Å². The van der Waals surface area contributed by atoms with Gasteiger partial charge in [-0.2, -0.15) is 15.0 Å². The van der Waals surface area contributed by atoms with Crippen molar-refractivity contribution in [3.63, 3.8) is 0 Å². The van der Waals surface area contributed by atoms with Crippen molar-refractivity contribution in [1.82, 2.24) is 15.0 Å². The highest BCUT2D eigenvalue weighted by Crippen LogP contribution is 2.26. The van der Waals surface area contributed by atoms with Crippen molar-refractivity contribution in [1.29, 1.82) is 0 Å². The molecule has 1 aliphatic rings. The van der Waals surface area contributed by atoms with E-state index in [4.69, 9.17) is 15.2 Å². The molecular weight excluding hydrogens is 228 g/mol. The molecule has 0 unspecified atom stereocenters. The maximum absolute atomic E-state index is 5.58. The molecule has 1 aliphatic heterocycles. The molecule has 0 spiro atoms. The Labute approximate surface area is 98.0 Å². The summed E-state index contributed by atoms with van der Waals surface area (Å²) in [4.78, 5) is 12.1. The molecule has 0 radical (unpaired) electrons. The van der Waals surface area contributed by atoms with Gasteiger partial charge in [0, 0.05) is 0 Å². The van der Waals surface area contributed by atoms with Crippen molar-refractivity contribution in [2.45, 2.75) is 30.4 Å². The number of hydrogen-bond acceptors (Lipinski definition) is 7. The molecule has 0 aliphatic carbocycles. The third kappa shape index (κ3) is 2.96. The molecule has 2 rings (SSSR count). The van der Waals surface area contributed by atoms with Crippen LogP contribution in [0.25, 0.3) is 0 Å². The van der Waals surface area contributed by atoms with Gasteiger partial charge in [-0.05, 0) is 13.8 Å². The largest absolute Gasteiger partial charge is 0.461 e. The lowest BCUT2D eigenvalue weighted by atomic mass is 10.4. The van der Waals surface area contributed by atoms with Gasteiger partial charge in [-0.15, -0.1) is 0 Å². The predicted molar refractivity (Wildman–Crippen MR) is 60.5 cm³/mol. The zero-order valence-electron chi connectivity index (χ0n) is 9.21. The third-order valence-electron chi connectivity index (χ3n) is 1.83. The SMILES string of the molecule is CC(C)Oc1nc(N)nc(SC2COC2)n1. The fourth-order valence-electron chi connectivity index (χ4n) is 1.10. The number of hydrogen-bond donors (Lipinski definition) is 1. The molecule has 0 amide bonds. The Balaban J connectivity index is 2.08. The predicted octanol–water partition coefficient (Wildman–Crippen LogP) is 0.732. The Hall–Kier alpha value is -1.08. The van der Waals surface area contributed by atoms with Crippen LogP contribution in [0.3, 0.4) is 0 Å². The van der Waals surface area contributed by atoms with Gasteiger partial charge >= 0.3 is 6.01 Å². The van der Waals surface area contributed by atoms with Crippen LogP contribution in [0.2, 0.25) is 0 Å². The van der Waals surface area contributed by atoms with Crippen molar-refractivity contribution in [3.05, 3.63) is 0 Å². The van der Waals surface area contributed by atoms with E-state index >= 15 is 0 Å². The van der Waals surface area contributed by atoms with Crippen molar-refractivity contribution in [2.75, 3.05) is 18.9 Å². The van der Waals surface area contributed by atoms with Gasteiger partial charge in [-0.3, -0.25) is 0 Å². The van der Waals surface area contributed by atoms with E-state index in [0.717, 1.165) is 13.2 Å². The van der Waals surface area contributed by atoms with Gasteiger partial charge in [0.05, 0.1) is 24.6 Å². The van der Waals surface area contributed by atoms with Crippen molar-refractivity contribution >= 4 is 17.7 Å². The van der Waals surface area contributed by atoms with Crippen LogP contribution in [0.5, 0.6) is 6.01 Å². The number of nitrogen functional groups attached to an aromatic ring is 1. The number of anilines is 1. The third-order valence-corrected chi connectivity index (χ3v) is 2.83. The number of rotatable bonds is 4. The van der Waals surface area contributed by atoms with Gasteiger partial charge in [-0.1, -0.05) is 11.8 Å². The highest BCUT2D eigenvalue weighted by Gasteiger charge is 2.21. The van der Waals surface area contributed by atoms with Crippen molar-refractivity contribution in [3.8, 4) is 6.01 Å². The minimum absolute atomic E-state index is 0.0201. The Morgan fingerprint density at radius 2 is 2.12 bits per heavy atom.